The average Bonchev–Trinajstić information content (AvgIpc) is 3.10. The van der Waals surface area contributed by atoms with Gasteiger partial charge in [-0.3, -0.25) is 4.90 Å². The lowest BCUT2D eigenvalue weighted by molar-refractivity contribution is -0.148. The molecule has 2 heterocycles. The summed E-state index contributed by atoms with van der Waals surface area (Å²) in [4.78, 5) is 40.0. The number of benzene rings is 1. The Morgan fingerprint density at radius 1 is 1.31 bits per heavy atom. The number of anilines is 1. The van der Waals surface area contributed by atoms with Crippen molar-refractivity contribution in [1.82, 2.24) is 9.80 Å². The summed E-state index contributed by atoms with van der Waals surface area (Å²) in [7, 11) is 1.51. The number of amides is 3. The number of hydrogen-bond donors (Lipinski definition) is 1. The van der Waals surface area contributed by atoms with Crippen LogP contribution in [0.15, 0.2) is 18.2 Å². The zero-order chi connectivity index (χ0) is 21.0. The maximum Gasteiger partial charge on any atom is 0.410 e. The molecule has 0 aliphatic carbocycles. The smallest absolute Gasteiger partial charge is 0.410 e. The molecule has 0 spiro atoms. The first-order valence-corrected chi connectivity index (χ1v) is 9.83. The molecule has 3 rings (SSSR count). The summed E-state index contributed by atoms with van der Waals surface area (Å²) in [6, 6.07) is 3.77. The maximum atomic E-state index is 12.6. The van der Waals surface area contributed by atoms with Crippen molar-refractivity contribution in [3.05, 3.63) is 23.2 Å². The number of carbonyl (C=O) groups is 3. The van der Waals surface area contributed by atoms with E-state index >= 15 is 0 Å². The molecule has 9 nitrogen and oxygen atoms in total. The Balaban J connectivity index is 1.60. The molecule has 0 radical (unpaired) electrons. The molecule has 29 heavy (non-hydrogen) atoms. The summed E-state index contributed by atoms with van der Waals surface area (Å²) in [5.41, 5.74) is 0.484. The van der Waals surface area contributed by atoms with Crippen LogP contribution in [0.2, 0.25) is 5.02 Å². The number of likely N-dealkylation sites (tertiary alicyclic amines) is 1. The minimum Gasteiger partial charge on any atom is -0.495 e. The number of nitrogens with one attached hydrogen (secondary N) is 1. The van der Waals surface area contributed by atoms with E-state index in [-0.39, 0.29) is 25.3 Å². The fourth-order valence-electron chi connectivity index (χ4n) is 3.58. The van der Waals surface area contributed by atoms with Gasteiger partial charge < -0.3 is 24.4 Å². The summed E-state index contributed by atoms with van der Waals surface area (Å²) in [5, 5.41) is 3.29. The third-order valence-electron chi connectivity index (χ3n) is 5.02. The van der Waals surface area contributed by atoms with Crippen molar-refractivity contribution in [2.75, 3.05) is 38.7 Å². The first-order valence-electron chi connectivity index (χ1n) is 9.45. The fraction of sp³-hybridized carbons (Fsp3) is 0.526. The van der Waals surface area contributed by atoms with E-state index in [9.17, 15) is 14.4 Å². The molecule has 0 aromatic heterocycles. The van der Waals surface area contributed by atoms with Crippen LogP contribution < -0.4 is 10.1 Å². The zero-order valence-corrected chi connectivity index (χ0v) is 17.1. The van der Waals surface area contributed by atoms with Gasteiger partial charge in [0.15, 0.2) is 6.04 Å². The SMILES string of the molecule is CCOC(=O)C1COC(=O)N1C1CCN(C(=O)Nc2cc(Cl)ccc2OC)CC1. The largest absolute Gasteiger partial charge is 0.495 e. The normalized spacial score (nSPS) is 19.7. The Bertz CT molecular complexity index is 781. The summed E-state index contributed by atoms with van der Waals surface area (Å²) in [5.74, 6) is 0.0429. The first kappa shape index (κ1) is 21.0. The van der Waals surface area contributed by atoms with E-state index in [0.29, 0.717) is 42.4 Å². The predicted molar refractivity (Wildman–Crippen MR) is 105 cm³/mol. The number of methoxy groups -OCH3 is 1. The lowest BCUT2D eigenvalue weighted by atomic mass is 10.0. The summed E-state index contributed by atoms with van der Waals surface area (Å²) in [6.07, 6.45) is 0.547. The molecule has 0 saturated carbocycles. The summed E-state index contributed by atoms with van der Waals surface area (Å²) >= 11 is 6.00. The van der Waals surface area contributed by atoms with Crippen molar-refractivity contribution >= 4 is 35.4 Å². The van der Waals surface area contributed by atoms with Crippen LogP contribution in [0.25, 0.3) is 0 Å². The lowest BCUT2D eigenvalue weighted by Crippen LogP contribution is -2.52. The van der Waals surface area contributed by atoms with E-state index in [1.165, 1.54) is 12.0 Å². The molecule has 0 bridgehead atoms. The topological polar surface area (TPSA) is 97.4 Å². The van der Waals surface area contributed by atoms with Gasteiger partial charge in [-0.15, -0.1) is 0 Å². The molecular weight excluding hydrogens is 402 g/mol. The van der Waals surface area contributed by atoms with Gasteiger partial charge in [-0.1, -0.05) is 11.6 Å². The third kappa shape index (κ3) is 4.67. The average molecular weight is 426 g/mol. The van der Waals surface area contributed by atoms with E-state index in [1.54, 1.807) is 30.0 Å². The molecule has 2 aliphatic rings. The van der Waals surface area contributed by atoms with Gasteiger partial charge in [-0.25, -0.2) is 14.4 Å². The Labute approximate surface area is 173 Å². The number of ether oxygens (including phenoxy) is 3. The van der Waals surface area contributed by atoms with Gasteiger partial charge in [-0.2, -0.15) is 0 Å². The molecule has 2 fully saturated rings. The molecule has 2 aliphatic heterocycles. The monoisotopic (exact) mass is 425 g/mol. The van der Waals surface area contributed by atoms with Crippen LogP contribution in [0.3, 0.4) is 0 Å². The van der Waals surface area contributed by atoms with Crippen molar-refractivity contribution in [3.8, 4) is 5.75 Å². The van der Waals surface area contributed by atoms with Gasteiger partial charge in [0.05, 0.1) is 19.4 Å². The third-order valence-corrected chi connectivity index (χ3v) is 5.25. The van der Waals surface area contributed by atoms with Crippen LogP contribution in [0, 0.1) is 0 Å². The highest BCUT2D eigenvalue weighted by atomic mass is 35.5. The van der Waals surface area contributed by atoms with E-state index in [2.05, 4.69) is 5.32 Å². The molecule has 3 amide bonds. The summed E-state index contributed by atoms with van der Waals surface area (Å²) < 4.78 is 15.3. The highest BCUT2D eigenvalue weighted by Gasteiger charge is 2.44. The second kappa shape index (κ2) is 9.21. The van der Waals surface area contributed by atoms with Crippen LogP contribution in [0.4, 0.5) is 15.3 Å². The van der Waals surface area contributed by atoms with E-state index < -0.39 is 18.1 Å². The summed E-state index contributed by atoms with van der Waals surface area (Å²) in [6.45, 7) is 2.80. The van der Waals surface area contributed by atoms with Crippen molar-refractivity contribution in [3.63, 3.8) is 0 Å². The first-order chi connectivity index (χ1) is 13.9. The van der Waals surface area contributed by atoms with Crippen molar-refractivity contribution < 1.29 is 28.6 Å². The standard InChI is InChI=1S/C19H24ClN3O6/c1-3-28-17(24)15-11-29-19(26)23(15)13-6-8-22(9-7-13)18(25)21-14-10-12(20)4-5-16(14)27-2/h4-5,10,13,15H,3,6-9,11H2,1-2H3,(H,21,25). The van der Waals surface area contributed by atoms with Crippen LogP contribution in [-0.4, -0.2) is 73.4 Å². The van der Waals surface area contributed by atoms with E-state index in [1.807, 2.05) is 0 Å². The molecule has 1 aromatic carbocycles. The number of hydrogen-bond acceptors (Lipinski definition) is 6. The molecule has 158 valence electrons. The van der Waals surface area contributed by atoms with Crippen LogP contribution in [0.1, 0.15) is 19.8 Å². The Hall–Kier alpha value is -2.68. The fourth-order valence-corrected chi connectivity index (χ4v) is 3.75. The number of carbonyl (C=O) groups excluding carboxylic acids is 3. The number of cyclic esters (lactones) is 1. The van der Waals surface area contributed by atoms with Gasteiger partial charge >= 0.3 is 18.1 Å². The van der Waals surface area contributed by atoms with Crippen molar-refractivity contribution in [2.24, 2.45) is 0 Å². The molecule has 10 heteroatoms. The minimum absolute atomic E-state index is 0.00702. The highest BCUT2D eigenvalue weighted by Crippen LogP contribution is 2.29. The maximum absolute atomic E-state index is 12.6. The Morgan fingerprint density at radius 3 is 2.69 bits per heavy atom. The van der Waals surface area contributed by atoms with Gasteiger partial charge in [0, 0.05) is 24.2 Å². The number of nitrogens with zero attached hydrogens (tertiary/aromatic N) is 2. The van der Waals surface area contributed by atoms with Crippen LogP contribution in [-0.2, 0) is 14.3 Å². The van der Waals surface area contributed by atoms with E-state index in [4.69, 9.17) is 25.8 Å². The lowest BCUT2D eigenvalue weighted by Gasteiger charge is -2.37. The van der Waals surface area contributed by atoms with Crippen molar-refractivity contribution in [2.45, 2.75) is 31.8 Å². The van der Waals surface area contributed by atoms with Gasteiger partial charge in [0.2, 0.25) is 0 Å². The zero-order valence-electron chi connectivity index (χ0n) is 16.4. The number of rotatable bonds is 5. The molecule has 2 saturated heterocycles. The molecule has 1 atom stereocenters. The molecule has 1 N–H and O–H groups in total. The van der Waals surface area contributed by atoms with Gasteiger partial charge in [0.1, 0.15) is 12.4 Å². The Morgan fingerprint density at radius 2 is 2.03 bits per heavy atom. The minimum atomic E-state index is -0.733. The molecule has 1 unspecified atom stereocenters. The van der Waals surface area contributed by atoms with Gasteiger partial charge in [0.25, 0.3) is 0 Å². The highest BCUT2D eigenvalue weighted by molar-refractivity contribution is 6.31. The quantitative estimate of drug-likeness (QED) is 0.728. The number of halogens is 1. The second-order valence-corrected chi connectivity index (χ2v) is 7.18. The number of urea groups is 1. The Kier molecular flexibility index (Phi) is 6.68. The number of esters is 1. The molecular formula is C19H24ClN3O6. The van der Waals surface area contributed by atoms with Crippen LogP contribution >= 0.6 is 11.6 Å². The van der Waals surface area contributed by atoms with Crippen molar-refractivity contribution in [1.29, 1.82) is 0 Å². The van der Waals surface area contributed by atoms with Crippen LogP contribution in [0.5, 0.6) is 5.75 Å². The second-order valence-electron chi connectivity index (χ2n) is 6.75. The van der Waals surface area contributed by atoms with Gasteiger partial charge in [-0.05, 0) is 38.0 Å². The number of piperidine rings is 1. The van der Waals surface area contributed by atoms with E-state index in [0.717, 1.165) is 0 Å². The molecule has 1 aromatic rings. The predicted octanol–water partition coefficient (Wildman–Crippen LogP) is 2.73.